The summed E-state index contributed by atoms with van der Waals surface area (Å²) in [7, 11) is 0. The molecule has 1 aromatic heterocycles. The Balaban J connectivity index is 1.60. The molecule has 0 bridgehead atoms. The number of hydrogen-bond donors (Lipinski definition) is 1. The number of ether oxygens (including phenoxy) is 2. The highest BCUT2D eigenvalue weighted by atomic mass is 79.9. The predicted molar refractivity (Wildman–Crippen MR) is 126 cm³/mol. The third-order valence-corrected chi connectivity index (χ3v) is 5.64. The Kier molecular flexibility index (Phi) is 6.84. The molecule has 1 saturated heterocycles. The van der Waals surface area contributed by atoms with E-state index < -0.39 is 21.9 Å². The van der Waals surface area contributed by atoms with Gasteiger partial charge in [-0.05, 0) is 34.1 Å². The molecule has 1 amide bonds. The van der Waals surface area contributed by atoms with E-state index in [1.807, 2.05) is 0 Å². The summed E-state index contributed by atoms with van der Waals surface area (Å²) in [5.74, 6) is -0.436. The largest absolute Gasteiger partial charge is 0.476 e. The summed E-state index contributed by atoms with van der Waals surface area (Å²) in [5.41, 5.74) is -1.20. The van der Waals surface area contributed by atoms with E-state index >= 15 is 0 Å². The van der Waals surface area contributed by atoms with Crippen LogP contribution in [0.1, 0.15) is 5.56 Å². The average molecular weight is 532 g/mol. The van der Waals surface area contributed by atoms with Crippen LogP contribution >= 0.6 is 15.9 Å². The van der Waals surface area contributed by atoms with E-state index in [1.54, 1.807) is 29.2 Å². The van der Waals surface area contributed by atoms with E-state index in [0.29, 0.717) is 36.5 Å². The predicted octanol–water partition coefficient (Wildman–Crippen LogP) is 1.48. The molecule has 0 aliphatic carbocycles. The maximum atomic E-state index is 12.6. The number of rotatable bonds is 6. The molecule has 0 unspecified atom stereocenters. The average Bonchev–Trinajstić information content (AvgIpc) is 2.83. The normalized spacial score (nSPS) is 14.0. The summed E-state index contributed by atoms with van der Waals surface area (Å²) >= 11 is 3.23. The maximum absolute atomic E-state index is 12.6. The first kappa shape index (κ1) is 23.3. The van der Waals surface area contributed by atoms with Crippen LogP contribution in [0.3, 0.4) is 0 Å². The second kappa shape index (κ2) is 9.97. The van der Waals surface area contributed by atoms with Crippen LogP contribution in [0.2, 0.25) is 0 Å². The zero-order chi connectivity index (χ0) is 24.2. The van der Waals surface area contributed by atoms with Crippen molar-refractivity contribution in [3.8, 4) is 5.75 Å². The van der Waals surface area contributed by atoms with Gasteiger partial charge in [-0.2, -0.15) is 5.10 Å². The zero-order valence-corrected chi connectivity index (χ0v) is 19.2. The minimum Gasteiger partial charge on any atom is -0.476 e. The van der Waals surface area contributed by atoms with Crippen LogP contribution in [0, 0.1) is 10.1 Å². The number of nitrogens with one attached hydrogen (secondary N) is 1. The molecule has 1 aliphatic heterocycles. The SMILES string of the molecule is O=C(COc1c(Br)cc(C=Nn2c(=O)[nH]c3ccccc3c2=O)cc1[N+](=O)[O-])N1CCOCC1. The van der Waals surface area contributed by atoms with Crippen molar-refractivity contribution in [1.29, 1.82) is 0 Å². The van der Waals surface area contributed by atoms with Crippen molar-refractivity contribution in [2.24, 2.45) is 5.10 Å². The third-order valence-electron chi connectivity index (χ3n) is 5.05. The number of morpholine rings is 1. The molecule has 1 N–H and O–H groups in total. The van der Waals surface area contributed by atoms with Crippen molar-refractivity contribution in [2.45, 2.75) is 0 Å². The number of amides is 1. The Hall–Kier alpha value is -3.84. The van der Waals surface area contributed by atoms with Crippen LogP contribution in [0.25, 0.3) is 10.9 Å². The number of benzene rings is 2. The summed E-state index contributed by atoms with van der Waals surface area (Å²) in [5, 5.41) is 15.8. The van der Waals surface area contributed by atoms with Gasteiger partial charge in [0.1, 0.15) is 0 Å². The van der Waals surface area contributed by atoms with Gasteiger partial charge in [0, 0.05) is 24.7 Å². The number of para-hydroxylation sites is 1. The van der Waals surface area contributed by atoms with Crippen molar-refractivity contribution < 1.29 is 19.2 Å². The molecule has 34 heavy (non-hydrogen) atoms. The van der Waals surface area contributed by atoms with Crippen LogP contribution in [0.5, 0.6) is 5.75 Å². The van der Waals surface area contributed by atoms with E-state index in [0.717, 1.165) is 6.21 Å². The molecule has 4 rings (SSSR count). The van der Waals surface area contributed by atoms with Gasteiger partial charge in [0.25, 0.3) is 11.5 Å². The number of aromatic amines is 1. The minimum absolute atomic E-state index is 0.121. The molecule has 1 fully saturated rings. The lowest BCUT2D eigenvalue weighted by molar-refractivity contribution is -0.385. The first-order valence-corrected chi connectivity index (χ1v) is 10.9. The molecule has 2 heterocycles. The van der Waals surface area contributed by atoms with Crippen molar-refractivity contribution >= 4 is 44.6 Å². The van der Waals surface area contributed by atoms with Gasteiger partial charge in [0.2, 0.25) is 5.75 Å². The number of hydrogen-bond acceptors (Lipinski definition) is 8. The second-order valence-corrected chi connectivity index (χ2v) is 8.08. The number of halogens is 1. The molecule has 1 aliphatic rings. The molecule has 12 nitrogen and oxygen atoms in total. The monoisotopic (exact) mass is 531 g/mol. The lowest BCUT2D eigenvalue weighted by Gasteiger charge is -2.26. The van der Waals surface area contributed by atoms with Crippen LogP contribution < -0.4 is 16.0 Å². The lowest BCUT2D eigenvalue weighted by atomic mass is 10.2. The summed E-state index contributed by atoms with van der Waals surface area (Å²) in [6, 6.07) is 9.11. The van der Waals surface area contributed by atoms with Gasteiger partial charge in [0.15, 0.2) is 6.61 Å². The number of fused-ring (bicyclic) bond motifs is 1. The second-order valence-electron chi connectivity index (χ2n) is 7.23. The Morgan fingerprint density at radius 1 is 1.26 bits per heavy atom. The number of carbonyl (C=O) groups is 1. The lowest BCUT2D eigenvalue weighted by Crippen LogP contribution is -2.43. The van der Waals surface area contributed by atoms with E-state index in [9.17, 15) is 24.5 Å². The van der Waals surface area contributed by atoms with E-state index in [4.69, 9.17) is 9.47 Å². The number of nitrogens with zero attached hydrogens (tertiary/aromatic N) is 4. The quantitative estimate of drug-likeness (QED) is 0.287. The molecule has 0 radical (unpaired) electrons. The minimum atomic E-state index is -0.755. The zero-order valence-electron chi connectivity index (χ0n) is 17.6. The molecule has 0 atom stereocenters. The van der Waals surface area contributed by atoms with Crippen LogP contribution in [-0.4, -0.2) is 64.5 Å². The number of aromatic nitrogens is 2. The van der Waals surface area contributed by atoms with Crippen molar-refractivity contribution in [3.05, 3.63) is 77.4 Å². The fourth-order valence-corrected chi connectivity index (χ4v) is 3.95. The van der Waals surface area contributed by atoms with Gasteiger partial charge in [-0.1, -0.05) is 12.1 Å². The number of nitro benzene ring substituents is 1. The molecule has 0 saturated carbocycles. The first-order valence-electron chi connectivity index (χ1n) is 10.1. The standard InChI is InChI=1S/C21H18BrN5O7/c22-15-9-13(11-23-26-20(29)14-3-1-2-4-16(14)24-21(26)30)10-17(27(31)32)19(15)34-12-18(28)25-5-7-33-8-6-25/h1-4,9-11H,5-8,12H2,(H,24,30). The van der Waals surface area contributed by atoms with Gasteiger partial charge >= 0.3 is 11.4 Å². The van der Waals surface area contributed by atoms with E-state index in [-0.39, 0.29) is 33.7 Å². The van der Waals surface area contributed by atoms with Crippen molar-refractivity contribution in [2.75, 3.05) is 32.9 Å². The topological polar surface area (TPSA) is 149 Å². The molecule has 2 aromatic carbocycles. The highest BCUT2D eigenvalue weighted by Gasteiger charge is 2.23. The number of H-pyrrole nitrogens is 1. The van der Waals surface area contributed by atoms with Gasteiger partial charge in [-0.15, -0.1) is 4.68 Å². The molecular weight excluding hydrogens is 514 g/mol. The molecular formula is C21H18BrN5O7. The summed E-state index contributed by atoms with van der Waals surface area (Å²) < 4.78 is 11.5. The summed E-state index contributed by atoms with van der Waals surface area (Å²) in [4.78, 5) is 52.3. The van der Waals surface area contributed by atoms with Crippen molar-refractivity contribution in [3.63, 3.8) is 0 Å². The highest BCUT2D eigenvalue weighted by molar-refractivity contribution is 9.10. The summed E-state index contributed by atoms with van der Waals surface area (Å²) in [6.45, 7) is 1.32. The maximum Gasteiger partial charge on any atom is 0.349 e. The Labute approximate surface area is 199 Å². The molecule has 3 aromatic rings. The highest BCUT2D eigenvalue weighted by Crippen LogP contribution is 2.36. The van der Waals surface area contributed by atoms with Gasteiger partial charge < -0.3 is 19.4 Å². The third kappa shape index (κ3) is 4.89. The van der Waals surface area contributed by atoms with Gasteiger partial charge in [0.05, 0.1) is 39.7 Å². The Bertz CT molecular complexity index is 1410. The summed E-state index contributed by atoms with van der Waals surface area (Å²) in [6.07, 6.45) is 1.14. The Morgan fingerprint density at radius 3 is 2.74 bits per heavy atom. The number of nitro groups is 1. The first-order chi connectivity index (χ1) is 16.3. The smallest absolute Gasteiger partial charge is 0.349 e. The number of carbonyl (C=O) groups excluding carboxylic acids is 1. The molecule has 0 spiro atoms. The Morgan fingerprint density at radius 2 is 2.00 bits per heavy atom. The van der Waals surface area contributed by atoms with Crippen LogP contribution in [0.4, 0.5) is 5.69 Å². The fourth-order valence-electron chi connectivity index (χ4n) is 3.37. The van der Waals surface area contributed by atoms with Crippen molar-refractivity contribution in [1.82, 2.24) is 14.6 Å². The van der Waals surface area contributed by atoms with E-state index in [1.165, 1.54) is 12.1 Å². The molecule has 13 heteroatoms. The van der Waals surface area contributed by atoms with Gasteiger partial charge in [-0.3, -0.25) is 19.7 Å². The van der Waals surface area contributed by atoms with E-state index in [2.05, 4.69) is 26.0 Å². The van der Waals surface area contributed by atoms with Crippen LogP contribution in [0.15, 0.2) is 55.6 Å². The fraction of sp³-hybridized carbons (Fsp3) is 0.238. The van der Waals surface area contributed by atoms with Crippen LogP contribution in [-0.2, 0) is 9.53 Å². The molecule has 176 valence electrons. The van der Waals surface area contributed by atoms with Gasteiger partial charge in [-0.25, -0.2) is 4.79 Å².